The lowest BCUT2D eigenvalue weighted by Gasteiger charge is -2.24. The second-order valence-electron chi connectivity index (χ2n) is 4.65. The third kappa shape index (κ3) is 3.97. The van der Waals surface area contributed by atoms with Crippen LogP contribution in [-0.4, -0.2) is 42.1 Å². The Labute approximate surface area is 111 Å². The van der Waals surface area contributed by atoms with Crippen molar-refractivity contribution in [2.45, 2.75) is 32.4 Å². The fourth-order valence-corrected chi connectivity index (χ4v) is 1.82. The van der Waals surface area contributed by atoms with Crippen molar-refractivity contribution >= 4 is 17.8 Å². The molecule has 3 N–H and O–H groups in total. The van der Waals surface area contributed by atoms with Crippen molar-refractivity contribution in [3.05, 3.63) is 11.8 Å². The molecule has 0 unspecified atom stereocenters. The van der Waals surface area contributed by atoms with E-state index in [4.69, 9.17) is 5.11 Å². The first-order valence-electron chi connectivity index (χ1n) is 5.93. The van der Waals surface area contributed by atoms with Gasteiger partial charge in [-0.05, 0) is 5.92 Å². The fourth-order valence-electron chi connectivity index (χ4n) is 1.82. The van der Waals surface area contributed by atoms with E-state index >= 15 is 0 Å². The van der Waals surface area contributed by atoms with Gasteiger partial charge in [-0.15, -0.1) is 0 Å². The highest BCUT2D eigenvalue weighted by Gasteiger charge is 2.31. The van der Waals surface area contributed by atoms with Crippen LogP contribution in [0.4, 0.5) is 0 Å². The summed E-state index contributed by atoms with van der Waals surface area (Å²) in [4.78, 5) is 33.6. The maximum absolute atomic E-state index is 11.6. The number of rotatable bonds is 6. The molecule has 0 radical (unpaired) electrons. The molecule has 0 fully saturated rings. The van der Waals surface area contributed by atoms with Crippen LogP contribution in [0.1, 0.15) is 20.3 Å². The van der Waals surface area contributed by atoms with Gasteiger partial charge in [0.1, 0.15) is 6.04 Å². The number of amides is 1. The van der Waals surface area contributed by atoms with E-state index in [0.717, 1.165) is 0 Å². The Morgan fingerprint density at radius 2 is 2.16 bits per heavy atom. The van der Waals surface area contributed by atoms with Gasteiger partial charge in [0.2, 0.25) is 5.91 Å². The topological polar surface area (TPSA) is 105 Å². The van der Waals surface area contributed by atoms with Crippen LogP contribution in [-0.2, 0) is 19.1 Å². The zero-order chi connectivity index (χ0) is 14.6. The zero-order valence-electron chi connectivity index (χ0n) is 11.1. The third-order valence-corrected chi connectivity index (χ3v) is 2.80. The molecule has 106 valence electrons. The minimum absolute atomic E-state index is 0.0606. The number of methoxy groups -OCH3 is 1. The van der Waals surface area contributed by atoms with Gasteiger partial charge < -0.3 is 20.5 Å². The summed E-state index contributed by atoms with van der Waals surface area (Å²) in [7, 11) is 1.28. The summed E-state index contributed by atoms with van der Waals surface area (Å²) in [5.41, 5.74) is 0.400. The lowest BCUT2D eigenvalue weighted by Crippen LogP contribution is -2.45. The summed E-state index contributed by atoms with van der Waals surface area (Å²) in [5.74, 6) is -1.92. The SMILES string of the molecule is COC(=O)[C@@H](NC1=CC(=O)N[C@H]1CC(=O)O)C(C)C. The molecule has 1 rings (SSSR count). The highest BCUT2D eigenvalue weighted by molar-refractivity contribution is 5.92. The number of nitrogens with one attached hydrogen (secondary N) is 2. The van der Waals surface area contributed by atoms with Crippen molar-refractivity contribution in [1.82, 2.24) is 10.6 Å². The first kappa shape index (κ1) is 15.0. The van der Waals surface area contributed by atoms with Crippen LogP contribution in [0.15, 0.2) is 11.8 Å². The molecule has 0 bridgehead atoms. The highest BCUT2D eigenvalue weighted by atomic mass is 16.5. The van der Waals surface area contributed by atoms with Crippen LogP contribution in [0.3, 0.4) is 0 Å². The molecular weight excluding hydrogens is 252 g/mol. The minimum Gasteiger partial charge on any atom is -0.481 e. The maximum atomic E-state index is 11.6. The quantitative estimate of drug-likeness (QED) is 0.569. The number of carbonyl (C=O) groups excluding carboxylic acids is 2. The molecule has 7 heteroatoms. The van der Waals surface area contributed by atoms with Crippen LogP contribution in [0.25, 0.3) is 0 Å². The Bertz CT molecular complexity index is 416. The van der Waals surface area contributed by atoms with Crippen molar-refractivity contribution in [2.24, 2.45) is 5.92 Å². The van der Waals surface area contributed by atoms with E-state index in [2.05, 4.69) is 15.4 Å². The molecule has 0 aromatic heterocycles. The summed E-state index contributed by atoms with van der Waals surface area (Å²) in [5, 5.41) is 14.2. The number of hydrogen-bond acceptors (Lipinski definition) is 5. The van der Waals surface area contributed by atoms with Gasteiger partial charge in [-0.2, -0.15) is 0 Å². The van der Waals surface area contributed by atoms with Crippen LogP contribution < -0.4 is 10.6 Å². The Hall–Kier alpha value is -2.05. The average molecular weight is 270 g/mol. The van der Waals surface area contributed by atoms with Crippen molar-refractivity contribution in [2.75, 3.05) is 7.11 Å². The van der Waals surface area contributed by atoms with Crippen LogP contribution in [0, 0.1) is 5.92 Å². The van der Waals surface area contributed by atoms with Gasteiger partial charge in [0.25, 0.3) is 0 Å². The van der Waals surface area contributed by atoms with Gasteiger partial charge in [-0.1, -0.05) is 13.8 Å². The summed E-state index contributed by atoms with van der Waals surface area (Å²) in [6.45, 7) is 3.65. The number of carboxylic acid groups (broad SMARTS) is 1. The number of hydrogen-bond donors (Lipinski definition) is 3. The van der Waals surface area contributed by atoms with E-state index in [-0.39, 0.29) is 18.2 Å². The summed E-state index contributed by atoms with van der Waals surface area (Å²) in [6, 6.07) is -1.27. The van der Waals surface area contributed by atoms with Crippen LogP contribution in [0.2, 0.25) is 0 Å². The molecule has 2 atom stereocenters. The molecule has 1 aliphatic heterocycles. The largest absolute Gasteiger partial charge is 0.481 e. The van der Waals surface area contributed by atoms with E-state index in [1.54, 1.807) is 0 Å². The van der Waals surface area contributed by atoms with E-state index in [0.29, 0.717) is 5.70 Å². The van der Waals surface area contributed by atoms with Crippen molar-refractivity contribution in [3.63, 3.8) is 0 Å². The fraction of sp³-hybridized carbons (Fsp3) is 0.583. The van der Waals surface area contributed by atoms with Gasteiger partial charge in [0.05, 0.1) is 19.6 Å². The average Bonchev–Trinajstić information content (AvgIpc) is 2.64. The molecule has 19 heavy (non-hydrogen) atoms. The molecule has 1 aliphatic rings. The summed E-state index contributed by atoms with van der Waals surface area (Å²) < 4.78 is 4.68. The molecule has 0 spiro atoms. The molecule has 0 aliphatic carbocycles. The number of ether oxygens (including phenoxy) is 1. The van der Waals surface area contributed by atoms with E-state index in [1.165, 1.54) is 13.2 Å². The minimum atomic E-state index is -1.03. The number of carboxylic acids is 1. The van der Waals surface area contributed by atoms with Gasteiger partial charge >= 0.3 is 11.9 Å². The number of carbonyl (C=O) groups is 3. The van der Waals surface area contributed by atoms with Crippen molar-refractivity contribution in [3.8, 4) is 0 Å². The molecule has 1 amide bonds. The van der Waals surface area contributed by atoms with Crippen LogP contribution in [0.5, 0.6) is 0 Å². The Morgan fingerprint density at radius 3 is 2.63 bits per heavy atom. The molecule has 0 saturated heterocycles. The molecular formula is C12H18N2O5. The van der Waals surface area contributed by atoms with Crippen LogP contribution >= 0.6 is 0 Å². The lowest BCUT2D eigenvalue weighted by atomic mass is 10.0. The molecule has 0 saturated carbocycles. The molecule has 1 heterocycles. The Kier molecular flexibility index (Phi) is 4.91. The second kappa shape index (κ2) is 6.21. The van der Waals surface area contributed by atoms with Gasteiger partial charge in [-0.3, -0.25) is 9.59 Å². The van der Waals surface area contributed by atoms with Crippen molar-refractivity contribution in [1.29, 1.82) is 0 Å². The van der Waals surface area contributed by atoms with E-state index < -0.39 is 24.0 Å². The number of esters is 1. The van der Waals surface area contributed by atoms with E-state index in [1.807, 2.05) is 13.8 Å². The Morgan fingerprint density at radius 1 is 1.53 bits per heavy atom. The molecule has 7 nitrogen and oxygen atoms in total. The van der Waals surface area contributed by atoms with E-state index in [9.17, 15) is 14.4 Å². The predicted molar refractivity (Wildman–Crippen MR) is 66.0 cm³/mol. The standard InChI is InChI=1S/C12H18N2O5/c1-6(2)11(12(18)19-3)14-7-4-9(15)13-8(7)5-10(16)17/h4,6,8,11,14H,5H2,1-3H3,(H,13,15)(H,16,17)/t8-,11-/m0/s1. The summed E-state index contributed by atoms with van der Waals surface area (Å²) >= 11 is 0. The van der Waals surface area contributed by atoms with Gasteiger partial charge in [0.15, 0.2) is 0 Å². The van der Waals surface area contributed by atoms with Gasteiger partial charge in [0, 0.05) is 11.8 Å². The normalized spacial score (nSPS) is 19.7. The molecule has 0 aromatic carbocycles. The Balaban J connectivity index is 2.81. The predicted octanol–water partition coefficient (Wildman–Crippen LogP) is -0.369. The van der Waals surface area contributed by atoms with Gasteiger partial charge in [-0.25, -0.2) is 4.79 Å². The number of aliphatic carboxylic acids is 1. The lowest BCUT2D eigenvalue weighted by molar-refractivity contribution is -0.144. The third-order valence-electron chi connectivity index (χ3n) is 2.80. The smallest absolute Gasteiger partial charge is 0.328 e. The monoisotopic (exact) mass is 270 g/mol. The summed E-state index contributed by atoms with van der Waals surface area (Å²) in [6.07, 6.45) is 1.03. The van der Waals surface area contributed by atoms with Crippen molar-refractivity contribution < 1.29 is 24.2 Å². The second-order valence-corrected chi connectivity index (χ2v) is 4.65. The molecule has 0 aromatic rings. The maximum Gasteiger partial charge on any atom is 0.328 e. The first-order chi connectivity index (χ1) is 8.85. The highest BCUT2D eigenvalue weighted by Crippen LogP contribution is 2.14. The zero-order valence-corrected chi connectivity index (χ0v) is 11.1. The first-order valence-corrected chi connectivity index (χ1v) is 5.93.